The van der Waals surface area contributed by atoms with Gasteiger partial charge in [-0.25, -0.2) is 0 Å². The summed E-state index contributed by atoms with van der Waals surface area (Å²) in [6.45, 7) is 17.3. The van der Waals surface area contributed by atoms with E-state index in [1.165, 1.54) is 20.9 Å². The molecule has 4 amide bonds. The maximum absolute atomic E-state index is 15.0. The molecule has 11 heteroatoms. The van der Waals surface area contributed by atoms with Crippen molar-refractivity contribution in [3.8, 4) is 0 Å². The number of carbonyl (C=O) groups excluding carboxylic acids is 4. The van der Waals surface area contributed by atoms with E-state index >= 15 is 0 Å². The van der Waals surface area contributed by atoms with Gasteiger partial charge in [0.1, 0.15) is 0 Å². The van der Waals surface area contributed by atoms with Crippen molar-refractivity contribution in [3.63, 3.8) is 0 Å². The third-order valence-electron chi connectivity index (χ3n) is 23.1. The Bertz CT molecular complexity index is 2580. The van der Waals surface area contributed by atoms with E-state index in [9.17, 15) is 39.0 Å². The number of imide groups is 2. The molecule has 14 rings (SSSR count). The molecule has 4 bridgehead atoms. The van der Waals surface area contributed by atoms with E-state index in [-0.39, 0.29) is 111 Å². The summed E-state index contributed by atoms with van der Waals surface area (Å²) in [5.74, 6) is -2.87. The number of hydrogen-bond acceptors (Lipinski definition) is 6. The Morgan fingerprint density at radius 3 is 1.24 bits per heavy atom. The van der Waals surface area contributed by atoms with Crippen LogP contribution in [0.3, 0.4) is 0 Å². The molecule has 12 aliphatic rings. The number of rotatable bonds is 8. The molecule has 10 nitrogen and oxygen atoms in total. The minimum Gasteiger partial charge on any atom is -0.481 e. The van der Waals surface area contributed by atoms with Gasteiger partial charge in [0.15, 0.2) is 0 Å². The largest absolute Gasteiger partial charge is 1.00 e. The molecular weight excluding hydrogens is 912 g/mol. The van der Waals surface area contributed by atoms with Crippen LogP contribution in [0.15, 0.2) is 71.8 Å². The number of hydrogen-bond donors (Lipinski definition) is 2. The van der Waals surface area contributed by atoms with E-state index in [4.69, 9.17) is 0 Å². The second-order valence-corrected chi connectivity index (χ2v) is 26.5. The van der Waals surface area contributed by atoms with Crippen LogP contribution in [-0.2, 0) is 35.2 Å². The third-order valence-corrected chi connectivity index (χ3v) is 23.1. The van der Waals surface area contributed by atoms with Gasteiger partial charge in [0.2, 0.25) is 23.6 Å². The molecule has 2 spiro atoms. The molecule has 0 aromatic heterocycles. The average Bonchev–Trinajstić information content (AvgIpc) is 3.78. The predicted molar refractivity (Wildman–Crippen MR) is 269 cm³/mol. The van der Waals surface area contributed by atoms with Crippen LogP contribution in [0.4, 0.5) is 11.4 Å². The number of fused-ring (bicyclic) bond motifs is 2. The molecule has 0 radical (unpaired) electrons. The number of allylic oxidation sites excluding steroid dienone is 4. The number of amides is 4. The molecule has 376 valence electrons. The summed E-state index contributed by atoms with van der Waals surface area (Å²) in [7, 11) is 0. The Labute approximate surface area is 447 Å². The van der Waals surface area contributed by atoms with E-state index in [1.807, 2.05) is 62.4 Å². The number of nitrogens with zero attached hydrogens (tertiary/aromatic N) is 2. The van der Waals surface area contributed by atoms with Crippen LogP contribution in [0.5, 0.6) is 0 Å². The minimum atomic E-state index is -0.796. The third kappa shape index (κ3) is 6.36. The summed E-state index contributed by atoms with van der Waals surface area (Å²) < 4.78 is 0. The van der Waals surface area contributed by atoms with Crippen molar-refractivity contribution < 1.29 is 68.5 Å². The van der Waals surface area contributed by atoms with Crippen molar-refractivity contribution in [2.75, 3.05) is 9.80 Å². The number of aliphatic carboxylic acids is 2. The van der Waals surface area contributed by atoms with E-state index in [0.29, 0.717) is 30.6 Å². The maximum atomic E-state index is 15.0. The number of carboxylic acid groups (broad SMARTS) is 2. The van der Waals surface area contributed by atoms with Crippen molar-refractivity contribution >= 4 is 46.9 Å². The molecule has 16 unspecified atom stereocenters. The van der Waals surface area contributed by atoms with Gasteiger partial charge in [-0.2, -0.15) is 0 Å². The molecule has 6 saturated carbocycles. The van der Waals surface area contributed by atoms with E-state index in [0.717, 1.165) is 75.3 Å². The van der Waals surface area contributed by atoms with Crippen LogP contribution < -0.4 is 39.4 Å². The Morgan fingerprint density at radius 2 is 0.903 bits per heavy atom. The second kappa shape index (κ2) is 16.6. The van der Waals surface area contributed by atoms with Crippen LogP contribution in [0.1, 0.15) is 144 Å². The number of benzene rings is 2. The summed E-state index contributed by atoms with van der Waals surface area (Å²) in [6, 6.07) is 15.6. The number of carboxylic acids is 2. The standard InChI is InChI=1S/C61H74N2O8.Na/c1-32(2)40-30-60-25-19-42-56(5,21-9-23-58(42,7)54(68)69)44(60)28-38(40)46-48(60)52(66)62(50(46)64)36-15-11-34(12-16-36)27-35-13-17-37(18-14-35)63-51(65)47-39-29-45-57(6)22-10-24-59(8,55(70)71)43(57)20-26-61(45,49(47)53(63)67)31-41(39)33(3)4;/h11-18,30-33,38-39,42-49H,9-10,19-29H2,1-8H3,(H,68,69)(H,70,71);/q;+1. The van der Waals surface area contributed by atoms with E-state index in [1.54, 1.807) is 0 Å². The fourth-order valence-corrected chi connectivity index (χ4v) is 20.2. The van der Waals surface area contributed by atoms with Gasteiger partial charge in [-0.15, -0.1) is 0 Å². The zero-order valence-corrected chi connectivity index (χ0v) is 46.1. The first kappa shape index (κ1) is 50.3. The first-order chi connectivity index (χ1) is 33.6. The topological polar surface area (TPSA) is 149 Å². The summed E-state index contributed by atoms with van der Waals surface area (Å²) >= 11 is 0. The summed E-state index contributed by atoms with van der Waals surface area (Å²) in [6.07, 6.45) is 15.0. The maximum Gasteiger partial charge on any atom is 1.00 e. The molecule has 2 heterocycles. The molecular formula is C61H74N2NaO8+. The first-order valence-electron chi connectivity index (χ1n) is 27.4. The average molecular weight is 986 g/mol. The molecule has 2 saturated heterocycles. The smallest absolute Gasteiger partial charge is 0.481 e. The van der Waals surface area contributed by atoms with Gasteiger partial charge < -0.3 is 10.2 Å². The second-order valence-electron chi connectivity index (χ2n) is 26.5. The monoisotopic (exact) mass is 986 g/mol. The molecule has 2 aliphatic heterocycles. The Hall–Kier alpha value is -3.86. The molecule has 2 N–H and O–H groups in total. The van der Waals surface area contributed by atoms with Crippen molar-refractivity contribution in [1.29, 1.82) is 0 Å². The van der Waals surface area contributed by atoms with Crippen molar-refractivity contribution in [1.82, 2.24) is 0 Å². The molecule has 2 aromatic carbocycles. The van der Waals surface area contributed by atoms with E-state index in [2.05, 4.69) is 53.7 Å². The van der Waals surface area contributed by atoms with Crippen LogP contribution in [0, 0.1) is 104 Å². The van der Waals surface area contributed by atoms with Gasteiger partial charge in [0.25, 0.3) is 0 Å². The van der Waals surface area contributed by atoms with Crippen molar-refractivity contribution in [3.05, 3.63) is 83.0 Å². The van der Waals surface area contributed by atoms with Crippen molar-refractivity contribution in [2.45, 2.75) is 139 Å². The summed E-state index contributed by atoms with van der Waals surface area (Å²) in [4.78, 5) is 88.2. The van der Waals surface area contributed by atoms with Crippen molar-refractivity contribution in [2.24, 2.45) is 104 Å². The molecule has 2 aromatic rings. The van der Waals surface area contributed by atoms with Gasteiger partial charge in [0, 0.05) is 10.8 Å². The zero-order chi connectivity index (χ0) is 50.3. The van der Waals surface area contributed by atoms with Gasteiger partial charge in [-0.3, -0.25) is 38.6 Å². The fourth-order valence-electron chi connectivity index (χ4n) is 20.2. The summed E-state index contributed by atoms with van der Waals surface area (Å²) in [5.41, 5.74) is 2.74. The Kier molecular flexibility index (Phi) is 11.6. The predicted octanol–water partition coefficient (Wildman–Crippen LogP) is 8.31. The SMILES string of the molecule is CC(C)C1=CC23CCC4C(C)(C(=O)O)CCCC4(C)C2CC1C1C(=O)N(c2ccc(Cc4ccc(N5C(=O)C6C7CC8C9(C)CCCC(C)(C(=O)O)C9CCC8(C=C7C(C)C)C6C5=O)cc4)cc2)C(=O)C13.[Na+]. The first-order valence-corrected chi connectivity index (χ1v) is 27.4. The molecule has 10 aliphatic carbocycles. The summed E-state index contributed by atoms with van der Waals surface area (Å²) in [5, 5.41) is 21.1. The minimum absolute atomic E-state index is 0. The number of anilines is 2. The Balaban J connectivity index is 0.00000560. The van der Waals surface area contributed by atoms with Crippen LogP contribution >= 0.6 is 0 Å². The van der Waals surface area contributed by atoms with Gasteiger partial charge in [-0.1, -0.05) is 102 Å². The normalized spacial score (nSPS) is 43.3. The van der Waals surface area contributed by atoms with Gasteiger partial charge in [-0.05, 0) is 178 Å². The van der Waals surface area contributed by atoms with Crippen LogP contribution in [0.25, 0.3) is 0 Å². The Morgan fingerprint density at radius 1 is 0.542 bits per heavy atom. The quantitative estimate of drug-likeness (QED) is 0.153. The van der Waals surface area contributed by atoms with Gasteiger partial charge >= 0.3 is 41.5 Å². The molecule has 16 atom stereocenters. The zero-order valence-electron chi connectivity index (χ0n) is 44.1. The molecule has 72 heavy (non-hydrogen) atoms. The molecule has 8 fully saturated rings. The number of carbonyl (C=O) groups is 6. The fraction of sp³-hybridized carbons (Fsp3) is 0.639. The van der Waals surface area contributed by atoms with E-state index < -0.39 is 57.3 Å². The van der Waals surface area contributed by atoms with Crippen LogP contribution in [0.2, 0.25) is 0 Å². The van der Waals surface area contributed by atoms with Crippen LogP contribution in [-0.4, -0.2) is 45.8 Å². The van der Waals surface area contributed by atoms with Gasteiger partial charge in [0.05, 0.1) is 45.9 Å².